The van der Waals surface area contributed by atoms with E-state index in [0.717, 1.165) is 18.4 Å². The summed E-state index contributed by atoms with van der Waals surface area (Å²) in [6, 6.07) is 7.21. The lowest BCUT2D eigenvalue weighted by Crippen LogP contribution is -2.40. The van der Waals surface area contributed by atoms with Gasteiger partial charge >= 0.3 is 5.97 Å². The molecule has 1 saturated carbocycles. The molecule has 0 atom stereocenters. The number of hydrogen-bond donors (Lipinski definition) is 0. The monoisotopic (exact) mass is 464 g/mol. The first-order valence-electron chi connectivity index (χ1n) is 9.47. The number of ether oxygens (including phenoxy) is 2. The molecule has 0 bridgehead atoms. The maximum Gasteiger partial charge on any atom is 0.374 e. The van der Waals surface area contributed by atoms with Gasteiger partial charge in [-0.2, -0.15) is 4.31 Å². The van der Waals surface area contributed by atoms with E-state index in [1.807, 2.05) is 19.1 Å². The van der Waals surface area contributed by atoms with Crippen molar-refractivity contribution in [3.8, 4) is 5.75 Å². The third kappa shape index (κ3) is 3.86. The van der Waals surface area contributed by atoms with Gasteiger partial charge in [-0.25, -0.2) is 23.2 Å². The molecule has 4 rings (SSSR count). The Kier molecular flexibility index (Phi) is 5.40. The van der Waals surface area contributed by atoms with Crippen LogP contribution in [0.5, 0.6) is 5.75 Å². The van der Waals surface area contributed by atoms with Crippen LogP contribution in [0.25, 0.3) is 5.52 Å². The van der Waals surface area contributed by atoms with Crippen molar-refractivity contribution in [3.63, 3.8) is 0 Å². The quantitative estimate of drug-likeness (QED) is 0.495. The molecule has 0 radical (unpaired) electrons. The Labute approximate surface area is 184 Å². The van der Waals surface area contributed by atoms with Gasteiger partial charge in [0.25, 0.3) is 10.0 Å². The number of esters is 1. The predicted molar refractivity (Wildman–Crippen MR) is 113 cm³/mol. The van der Waals surface area contributed by atoms with Crippen LogP contribution in [0.2, 0.25) is 5.15 Å². The average molecular weight is 465 g/mol. The molecule has 9 nitrogen and oxygen atoms in total. The molecule has 2 heterocycles. The van der Waals surface area contributed by atoms with E-state index in [2.05, 4.69) is 9.97 Å². The molecule has 11 heteroatoms. The molecule has 0 N–H and O–H groups in total. The third-order valence-electron chi connectivity index (χ3n) is 5.44. The zero-order valence-corrected chi connectivity index (χ0v) is 18.8. The summed E-state index contributed by atoms with van der Waals surface area (Å²) in [7, 11) is -1.26. The molecule has 0 amide bonds. The molecule has 1 aliphatic carbocycles. The smallest absolute Gasteiger partial charge is 0.374 e. The van der Waals surface area contributed by atoms with Crippen LogP contribution in [0, 0.1) is 0 Å². The van der Waals surface area contributed by atoms with Crippen molar-refractivity contribution in [1.82, 2.24) is 18.7 Å². The number of carbonyl (C=O) groups excluding carboxylic acids is 1. The number of aromatic nitrogens is 3. The van der Waals surface area contributed by atoms with E-state index in [0.29, 0.717) is 11.3 Å². The first-order valence-corrected chi connectivity index (χ1v) is 11.3. The number of benzene rings is 1. The zero-order valence-electron chi connectivity index (χ0n) is 17.2. The first kappa shape index (κ1) is 21.5. The Morgan fingerprint density at radius 1 is 1.26 bits per heavy atom. The number of carbonyl (C=O) groups is 1. The second kappa shape index (κ2) is 7.77. The number of nitrogens with zero attached hydrogens (tertiary/aromatic N) is 4. The van der Waals surface area contributed by atoms with Gasteiger partial charge in [-0.1, -0.05) is 23.7 Å². The number of sulfonamides is 1. The Hall–Kier alpha value is -2.69. The summed E-state index contributed by atoms with van der Waals surface area (Å²) in [4.78, 5) is 20.1. The highest BCUT2D eigenvalue weighted by molar-refractivity contribution is 7.89. The second-order valence-corrected chi connectivity index (χ2v) is 9.72. The molecule has 0 aliphatic heterocycles. The van der Waals surface area contributed by atoms with Crippen LogP contribution in [0.3, 0.4) is 0 Å². The van der Waals surface area contributed by atoms with E-state index in [1.165, 1.54) is 28.2 Å². The summed E-state index contributed by atoms with van der Waals surface area (Å²) in [6.07, 6.45) is 4.06. The molecule has 0 spiro atoms. The summed E-state index contributed by atoms with van der Waals surface area (Å²) in [6.45, 7) is 2.05. The van der Waals surface area contributed by atoms with Gasteiger partial charge in [-0.05, 0) is 37.5 Å². The average Bonchev–Trinajstić information content (AvgIpc) is 3.35. The van der Waals surface area contributed by atoms with Crippen LogP contribution in [0.4, 0.5) is 0 Å². The summed E-state index contributed by atoms with van der Waals surface area (Å²) in [5.41, 5.74) is 0.588. The van der Waals surface area contributed by atoms with Crippen molar-refractivity contribution in [1.29, 1.82) is 0 Å². The molecule has 1 fully saturated rings. The molecule has 1 aromatic carbocycles. The second-order valence-electron chi connectivity index (χ2n) is 7.56. The Bertz CT molecular complexity index is 1250. The van der Waals surface area contributed by atoms with Crippen molar-refractivity contribution in [2.24, 2.45) is 0 Å². The summed E-state index contributed by atoms with van der Waals surface area (Å²) < 4.78 is 39.9. The lowest BCUT2D eigenvalue weighted by molar-refractivity contribution is 0.0586. The maximum absolute atomic E-state index is 13.6. The molecule has 0 saturated heterocycles. The van der Waals surface area contributed by atoms with E-state index in [4.69, 9.17) is 21.1 Å². The molecular formula is C20H21ClN4O5S. The van der Waals surface area contributed by atoms with Gasteiger partial charge in [0.15, 0.2) is 10.2 Å². The molecule has 0 unspecified atom stereocenters. The highest BCUT2D eigenvalue weighted by atomic mass is 35.5. The van der Waals surface area contributed by atoms with E-state index in [-0.39, 0.29) is 22.5 Å². The van der Waals surface area contributed by atoms with Crippen LogP contribution in [-0.2, 0) is 21.3 Å². The summed E-state index contributed by atoms with van der Waals surface area (Å²) >= 11 is 6.24. The number of hydrogen-bond acceptors (Lipinski definition) is 7. The van der Waals surface area contributed by atoms with Crippen molar-refractivity contribution < 1.29 is 22.7 Å². The van der Waals surface area contributed by atoms with E-state index < -0.39 is 21.5 Å². The van der Waals surface area contributed by atoms with Gasteiger partial charge in [0, 0.05) is 12.1 Å². The predicted octanol–water partition coefficient (Wildman–Crippen LogP) is 2.92. The Morgan fingerprint density at radius 3 is 2.52 bits per heavy atom. The standard InChI is InChI=1S/C20H21ClN4O5S/c1-20(8-9-20)25(11-13-4-6-14(29-2)7-5-13)31(27,28)16-12-24-15(17(21)23-16)10-22-18(24)19(26)30-3/h4-7,10,12H,8-9,11H2,1-3H3. The van der Waals surface area contributed by atoms with E-state index in [9.17, 15) is 13.2 Å². The minimum atomic E-state index is -4.05. The first-order chi connectivity index (χ1) is 14.7. The fourth-order valence-corrected chi connectivity index (χ4v) is 5.34. The van der Waals surface area contributed by atoms with Gasteiger partial charge in [0.2, 0.25) is 5.82 Å². The molecule has 3 aromatic rings. The van der Waals surface area contributed by atoms with Gasteiger partial charge in [0.05, 0.1) is 26.6 Å². The fraction of sp³-hybridized carbons (Fsp3) is 0.350. The largest absolute Gasteiger partial charge is 0.497 e. The Morgan fingerprint density at radius 2 is 1.94 bits per heavy atom. The highest BCUT2D eigenvalue weighted by Gasteiger charge is 2.49. The number of rotatable bonds is 7. The maximum atomic E-state index is 13.6. The number of fused-ring (bicyclic) bond motifs is 1. The zero-order chi connectivity index (χ0) is 22.4. The molecular weight excluding hydrogens is 444 g/mol. The number of imidazole rings is 1. The summed E-state index contributed by atoms with van der Waals surface area (Å²) in [5, 5.41) is -0.344. The summed E-state index contributed by atoms with van der Waals surface area (Å²) in [5.74, 6) is -0.113. The molecule has 31 heavy (non-hydrogen) atoms. The lowest BCUT2D eigenvalue weighted by atomic mass is 10.2. The van der Waals surface area contributed by atoms with Crippen molar-refractivity contribution in [3.05, 3.63) is 53.2 Å². The lowest BCUT2D eigenvalue weighted by Gasteiger charge is -2.28. The van der Waals surface area contributed by atoms with Crippen LogP contribution in [0.15, 0.2) is 41.7 Å². The molecule has 1 aliphatic rings. The van der Waals surface area contributed by atoms with Gasteiger partial charge < -0.3 is 9.47 Å². The minimum absolute atomic E-state index is 0.0749. The molecule has 164 valence electrons. The third-order valence-corrected chi connectivity index (χ3v) is 7.59. The van der Waals surface area contributed by atoms with Crippen LogP contribution in [0.1, 0.15) is 35.9 Å². The fourth-order valence-electron chi connectivity index (χ4n) is 3.31. The van der Waals surface area contributed by atoms with Crippen molar-refractivity contribution >= 4 is 33.1 Å². The normalized spacial score (nSPS) is 15.3. The Balaban J connectivity index is 1.78. The van der Waals surface area contributed by atoms with Crippen LogP contribution in [-0.4, -0.2) is 52.8 Å². The number of methoxy groups -OCH3 is 2. The number of halogens is 1. The van der Waals surface area contributed by atoms with Crippen molar-refractivity contribution in [2.45, 2.75) is 36.9 Å². The van der Waals surface area contributed by atoms with Gasteiger partial charge in [-0.3, -0.25) is 4.40 Å². The van der Waals surface area contributed by atoms with E-state index in [1.54, 1.807) is 19.2 Å². The van der Waals surface area contributed by atoms with Crippen molar-refractivity contribution in [2.75, 3.05) is 14.2 Å². The van der Waals surface area contributed by atoms with E-state index >= 15 is 0 Å². The van der Waals surface area contributed by atoms with Gasteiger partial charge in [-0.15, -0.1) is 0 Å². The molecule has 2 aromatic heterocycles. The minimum Gasteiger partial charge on any atom is -0.497 e. The highest BCUT2D eigenvalue weighted by Crippen LogP contribution is 2.45. The topological polar surface area (TPSA) is 103 Å². The SMILES string of the molecule is COC(=O)c1ncc2c(Cl)nc(S(=O)(=O)N(Cc3ccc(OC)cc3)C3(C)CC3)cn12. The van der Waals surface area contributed by atoms with Gasteiger partial charge in [0.1, 0.15) is 11.3 Å². The van der Waals surface area contributed by atoms with Crippen LogP contribution >= 0.6 is 11.6 Å². The van der Waals surface area contributed by atoms with Crippen LogP contribution < -0.4 is 4.74 Å².